The van der Waals surface area contributed by atoms with Gasteiger partial charge >= 0.3 is 0 Å². The quantitative estimate of drug-likeness (QED) is 0.409. The predicted molar refractivity (Wildman–Crippen MR) is 20.0 cm³/mol. The van der Waals surface area contributed by atoms with Gasteiger partial charge in [0.05, 0.1) is 0 Å². The third-order valence-electron chi connectivity index (χ3n) is 0.419. The molecule has 0 bridgehead atoms. The van der Waals surface area contributed by atoms with Crippen molar-refractivity contribution in [2.45, 2.75) is 0 Å². The fraction of sp³-hybridized carbons (Fsp3) is 0. The van der Waals surface area contributed by atoms with E-state index >= 15 is 0 Å². The van der Waals surface area contributed by atoms with E-state index in [0.29, 0.717) is 0 Å². The Labute approximate surface area is 39.3 Å². The first-order chi connectivity index (χ1) is 3.43. The van der Waals surface area contributed by atoms with E-state index in [1.54, 1.807) is 6.07 Å². The molecule has 0 aliphatic carbocycles. The Balaban J connectivity index is 2.75. The molecule has 1 heterocycles. The van der Waals surface area contributed by atoms with Crippen LogP contribution in [0.15, 0.2) is 15.4 Å². The fourth-order valence-corrected chi connectivity index (χ4v) is 0.189. The molecule has 5 nitrogen and oxygen atoms in total. The highest BCUT2D eigenvalue weighted by Crippen LogP contribution is 1.86. The van der Waals surface area contributed by atoms with Crippen LogP contribution in [0.4, 0.5) is 0 Å². The van der Waals surface area contributed by atoms with Crippen molar-refractivity contribution in [2.75, 3.05) is 0 Å². The lowest BCUT2D eigenvalue weighted by Gasteiger charge is -1.61. The minimum atomic E-state index is 0.0139. The van der Waals surface area contributed by atoms with E-state index in [1.807, 2.05) is 0 Å². The van der Waals surface area contributed by atoms with Gasteiger partial charge < -0.3 is 0 Å². The number of nitrogens with zero attached hydrogens (tertiary/aromatic N) is 5. The van der Waals surface area contributed by atoms with Gasteiger partial charge in [-0.25, -0.2) is 0 Å². The summed E-state index contributed by atoms with van der Waals surface area (Å²) in [5.41, 5.74) is 3.06. The molecule has 0 unspecified atom stereocenters. The van der Waals surface area contributed by atoms with Crippen LogP contribution in [0.1, 0.15) is 0 Å². The lowest BCUT2D eigenvalue weighted by atomic mass is 10.7. The van der Waals surface area contributed by atoms with E-state index in [9.17, 15) is 0 Å². The molecule has 33 valence electrons. The highest BCUT2D eigenvalue weighted by Gasteiger charge is 1.98. The lowest BCUT2D eigenvalue weighted by molar-refractivity contribution is 0.780. The summed E-state index contributed by atoms with van der Waals surface area (Å²) in [4.78, 5) is 0. The lowest BCUT2D eigenvalue weighted by Crippen LogP contribution is -1.81. The zero-order valence-corrected chi connectivity index (χ0v) is 3.24. The summed E-state index contributed by atoms with van der Waals surface area (Å²) in [6.45, 7) is 0. The first-order valence-electron chi connectivity index (χ1n) is 1.52. The molecule has 1 aliphatic rings. The van der Waals surface area contributed by atoms with Crippen molar-refractivity contribution in [3.63, 3.8) is 0 Å². The average molecular weight is 94.1 g/mol. The van der Waals surface area contributed by atoms with Crippen molar-refractivity contribution in [2.24, 2.45) is 15.4 Å². The van der Waals surface area contributed by atoms with E-state index in [2.05, 4.69) is 21.0 Å². The second kappa shape index (κ2) is 1.34. The predicted octanol–water partition coefficient (Wildman–Crippen LogP) is -0.191. The first kappa shape index (κ1) is 3.74. The van der Waals surface area contributed by atoms with Crippen LogP contribution in [0.5, 0.6) is 0 Å². The summed E-state index contributed by atoms with van der Waals surface area (Å²) in [7, 11) is 0. The normalized spacial score (nSPS) is 15.0. The largest absolute Gasteiger partial charge is 0.276 e. The minimum absolute atomic E-state index is 0.0139. The van der Waals surface area contributed by atoms with Gasteiger partial charge in [0.1, 0.15) is 6.07 Å². The summed E-state index contributed by atoms with van der Waals surface area (Å²) < 4.78 is 0. The Morgan fingerprint density at radius 3 is 2.71 bits per heavy atom. The number of nitriles is 1. The highest BCUT2D eigenvalue weighted by molar-refractivity contribution is 5.97. The van der Waals surface area contributed by atoms with Crippen LogP contribution in [-0.4, -0.2) is 5.84 Å². The van der Waals surface area contributed by atoms with Gasteiger partial charge in [0, 0.05) is 0 Å². The number of hydrogen-bond donors (Lipinski definition) is 0. The van der Waals surface area contributed by atoms with Gasteiger partial charge in [-0.3, -0.25) is 0 Å². The zero-order valence-electron chi connectivity index (χ0n) is 3.24. The zero-order chi connectivity index (χ0) is 5.11. The number of rotatable bonds is 0. The number of amidine groups is 1. The van der Waals surface area contributed by atoms with Gasteiger partial charge in [-0.1, -0.05) is 10.2 Å². The summed E-state index contributed by atoms with van der Waals surface area (Å²) in [5.74, 6) is 0.0139. The van der Waals surface area contributed by atoms with Crippen LogP contribution in [0, 0.1) is 11.3 Å². The van der Waals surface area contributed by atoms with Gasteiger partial charge in [-0.2, -0.15) is 5.26 Å². The smallest absolute Gasteiger partial charge is 0.189 e. The maximum Gasteiger partial charge on any atom is 0.276 e. The molecule has 0 N–H and O–H groups in total. The Kier molecular flexibility index (Phi) is 0.717. The van der Waals surface area contributed by atoms with E-state index in [0.717, 1.165) is 0 Å². The van der Waals surface area contributed by atoms with E-state index in [1.165, 1.54) is 0 Å². The van der Waals surface area contributed by atoms with Crippen molar-refractivity contribution in [3.05, 3.63) is 0 Å². The molecule has 5 heteroatoms. The van der Waals surface area contributed by atoms with Crippen LogP contribution in [0.2, 0.25) is 0 Å². The third-order valence-corrected chi connectivity index (χ3v) is 0.419. The maximum atomic E-state index is 7.97. The molecule has 0 aromatic carbocycles. The van der Waals surface area contributed by atoms with Crippen LogP contribution < -0.4 is 5.53 Å². The molecule has 0 saturated carbocycles. The second-order valence-corrected chi connectivity index (χ2v) is 0.814. The summed E-state index contributed by atoms with van der Waals surface area (Å²) in [6.07, 6.45) is 0. The van der Waals surface area contributed by atoms with Gasteiger partial charge in [0.15, 0.2) is 0 Å². The van der Waals surface area contributed by atoms with Gasteiger partial charge in [0.25, 0.3) is 5.84 Å². The van der Waals surface area contributed by atoms with Crippen molar-refractivity contribution in [3.8, 4) is 6.07 Å². The molecule has 0 aromatic heterocycles. The van der Waals surface area contributed by atoms with Crippen LogP contribution in [0.25, 0.3) is 0 Å². The maximum absolute atomic E-state index is 7.97. The SMILES string of the molecule is N#CC1=N[N]N=N1. The minimum Gasteiger partial charge on any atom is -0.189 e. The summed E-state index contributed by atoms with van der Waals surface area (Å²) in [6, 6.07) is 1.66. The molecular weight excluding hydrogens is 94.1 g/mol. The number of hydrogen-bond acceptors (Lipinski definition) is 4. The second-order valence-electron chi connectivity index (χ2n) is 0.814. The molecule has 1 aliphatic heterocycles. The van der Waals surface area contributed by atoms with Crippen LogP contribution in [-0.2, 0) is 0 Å². The molecular formula is C2N5. The topological polar surface area (TPSA) is 75.0 Å². The van der Waals surface area contributed by atoms with E-state index < -0.39 is 0 Å². The fourth-order valence-electron chi connectivity index (χ4n) is 0.189. The first-order valence-corrected chi connectivity index (χ1v) is 1.52. The van der Waals surface area contributed by atoms with Gasteiger partial charge in [-0.05, 0) is 10.8 Å². The van der Waals surface area contributed by atoms with Crippen LogP contribution >= 0.6 is 0 Å². The third kappa shape index (κ3) is 0.523. The molecule has 0 saturated heterocycles. The van der Waals surface area contributed by atoms with Crippen molar-refractivity contribution in [1.29, 1.82) is 5.26 Å². The molecule has 1 rings (SSSR count). The average Bonchev–Trinajstić information content (AvgIpc) is 2.14. The Hall–Kier alpha value is -1.44. The monoisotopic (exact) mass is 94.0 g/mol. The molecule has 0 amide bonds. The molecule has 1 radical (unpaired) electrons. The van der Waals surface area contributed by atoms with Crippen molar-refractivity contribution in [1.82, 2.24) is 5.53 Å². The summed E-state index contributed by atoms with van der Waals surface area (Å²) in [5, 5.41) is 17.4. The Morgan fingerprint density at radius 1 is 1.57 bits per heavy atom. The molecule has 0 spiro atoms. The standard InChI is InChI=1S/C2N5/c3-1-2-4-6-7-5-2. The highest BCUT2D eigenvalue weighted by atomic mass is 15.6. The Bertz CT molecular complexity index is 159. The Morgan fingerprint density at radius 2 is 2.43 bits per heavy atom. The molecule has 0 aromatic rings. The molecule has 0 atom stereocenters. The van der Waals surface area contributed by atoms with E-state index in [-0.39, 0.29) is 5.84 Å². The van der Waals surface area contributed by atoms with E-state index in [4.69, 9.17) is 5.26 Å². The molecule has 7 heavy (non-hydrogen) atoms. The summed E-state index contributed by atoms with van der Waals surface area (Å²) >= 11 is 0. The van der Waals surface area contributed by atoms with Crippen LogP contribution in [0.3, 0.4) is 0 Å². The van der Waals surface area contributed by atoms with Gasteiger partial charge in [-0.15, -0.1) is 0 Å². The van der Waals surface area contributed by atoms with Crippen molar-refractivity contribution >= 4 is 5.84 Å². The molecule has 0 fully saturated rings. The van der Waals surface area contributed by atoms with Crippen molar-refractivity contribution < 1.29 is 0 Å². The van der Waals surface area contributed by atoms with Gasteiger partial charge in [0.2, 0.25) is 0 Å².